The van der Waals surface area contributed by atoms with Crippen LogP contribution in [-0.2, 0) is 17.6 Å². The number of amides is 1. The minimum absolute atomic E-state index is 0.0354. The van der Waals surface area contributed by atoms with Crippen LogP contribution in [0.5, 0.6) is 11.5 Å². The number of hydrogen-bond acceptors (Lipinski definition) is 6. The molecule has 0 radical (unpaired) electrons. The zero-order valence-electron chi connectivity index (χ0n) is 15.9. The second-order valence-electron chi connectivity index (χ2n) is 6.10. The SMILES string of the molecule is COc1ccc(OC)c(Nc2nc(CC(=O)NCCc3ccccc3)cs2)c1. The largest absolute Gasteiger partial charge is 0.497 e. The van der Waals surface area contributed by atoms with E-state index in [1.54, 1.807) is 14.2 Å². The lowest BCUT2D eigenvalue weighted by atomic mass is 10.1. The molecule has 2 aromatic carbocycles. The summed E-state index contributed by atoms with van der Waals surface area (Å²) in [6, 6.07) is 15.6. The lowest BCUT2D eigenvalue weighted by molar-refractivity contribution is -0.120. The van der Waals surface area contributed by atoms with Crippen LogP contribution >= 0.6 is 11.3 Å². The number of benzene rings is 2. The molecular formula is C21H23N3O3S. The number of nitrogens with zero attached hydrogens (tertiary/aromatic N) is 1. The van der Waals surface area contributed by atoms with Gasteiger partial charge in [-0.15, -0.1) is 11.3 Å². The molecule has 1 aromatic heterocycles. The molecule has 28 heavy (non-hydrogen) atoms. The third-order valence-electron chi connectivity index (χ3n) is 4.12. The monoisotopic (exact) mass is 397 g/mol. The Morgan fingerprint density at radius 2 is 1.93 bits per heavy atom. The van der Waals surface area contributed by atoms with E-state index in [0.717, 1.165) is 23.6 Å². The summed E-state index contributed by atoms with van der Waals surface area (Å²) >= 11 is 1.44. The van der Waals surface area contributed by atoms with Crippen LogP contribution in [0.2, 0.25) is 0 Å². The number of carbonyl (C=O) groups excluding carboxylic acids is 1. The maximum Gasteiger partial charge on any atom is 0.226 e. The van der Waals surface area contributed by atoms with Crippen LogP contribution in [-0.4, -0.2) is 31.7 Å². The average molecular weight is 398 g/mol. The van der Waals surface area contributed by atoms with Gasteiger partial charge in [0.15, 0.2) is 5.13 Å². The maximum atomic E-state index is 12.2. The molecule has 6 nitrogen and oxygen atoms in total. The van der Waals surface area contributed by atoms with E-state index in [2.05, 4.69) is 27.8 Å². The van der Waals surface area contributed by atoms with Crippen LogP contribution in [0.1, 0.15) is 11.3 Å². The summed E-state index contributed by atoms with van der Waals surface area (Å²) in [6.45, 7) is 0.610. The normalized spacial score (nSPS) is 10.4. The highest BCUT2D eigenvalue weighted by atomic mass is 32.1. The Labute approximate surface area is 168 Å². The van der Waals surface area contributed by atoms with E-state index in [1.165, 1.54) is 16.9 Å². The van der Waals surface area contributed by atoms with Crippen molar-refractivity contribution in [2.45, 2.75) is 12.8 Å². The second-order valence-corrected chi connectivity index (χ2v) is 6.96. The zero-order chi connectivity index (χ0) is 19.8. The van der Waals surface area contributed by atoms with Crippen molar-refractivity contribution in [1.82, 2.24) is 10.3 Å². The summed E-state index contributed by atoms with van der Waals surface area (Å²) in [5, 5.41) is 8.74. The fraction of sp³-hybridized carbons (Fsp3) is 0.238. The number of ether oxygens (including phenoxy) is 2. The molecule has 0 bridgehead atoms. The summed E-state index contributed by atoms with van der Waals surface area (Å²) in [7, 11) is 3.23. The third-order valence-corrected chi connectivity index (χ3v) is 4.93. The Morgan fingerprint density at radius 3 is 2.68 bits per heavy atom. The van der Waals surface area contributed by atoms with Crippen molar-refractivity contribution >= 4 is 28.1 Å². The van der Waals surface area contributed by atoms with Gasteiger partial charge in [-0.2, -0.15) is 0 Å². The van der Waals surface area contributed by atoms with Gasteiger partial charge in [-0.25, -0.2) is 4.98 Å². The van der Waals surface area contributed by atoms with Crippen molar-refractivity contribution < 1.29 is 14.3 Å². The summed E-state index contributed by atoms with van der Waals surface area (Å²) in [5.41, 5.74) is 2.69. The Kier molecular flexibility index (Phi) is 6.86. The number of thiazole rings is 1. The molecule has 0 aliphatic rings. The molecule has 146 valence electrons. The number of aromatic nitrogens is 1. The first-order valence-corrected chi connectivity index (χ1v) is 9.80. The summed E-state index contributed by atoms with van der Waals surface area (Å²) < 4.78 is 10.6. The smallest absolute Gasteiger partial charge is 0.226 e. The van der Waals surface area contributed by atoms with Crippen LogP contribution in [0.25, 0.3) is 0 Å². The topological polar surface area (TPSA) is 72.5 Å². The quantitative estimate of drug-likeness (QED) is 0.575. The fourth-order valence-corrected chi connectivity index (χ4v) is 3.41. The molecule has 7 heteroatoms. The third kappa shape index (κ3) is 5.47. The van der Waals surface area contributed by atoms with Gasteiger partial charge in [-0.3, -0.25) is 4.79 Å². The van der Waals surface area contributed by atoms with Crippen molar-refractivity contribution in [2.24, 2.45) is 0 Å². The van der Waals surface area contributed by atoms with E-state index < -0.39 is 0 Å². The van der Waals surface area contributed by atoms with E-state index >= 15 is 0 Å². The number of methoxy groups -OCH3 is 2. The molecular weight excluding hydrogens is 374 g/mol. The van der Waals surface area contributed by atoms with Gasteiger partial charge < -0.3 is 20.1 Å². The number of rotatable bonds is 9. The summed E-state index contributed by atoms with van der Waals surface area (Å²) in [6.07, 6.45) is 1.06. The zero-order valence-corrected chi connectivity index (χ0v) is 16.7. The van der Waals surface area contributed by atoms with Gasteiger partial charge in [0.1, 0.15) is 11.5 Å². The van der Waals surface area contributed by atoms with Crippen LogP contribution in [0.3, 0.4) is 0 Å². The second kappa shape index (κ2) is 9.75. The fourth-order valence-electron chi connectivity index (χ4n) is 2.69. The first-order valence-electron chi connectivity index (χ1n) is 8.92. The van der Waals surface area contributed by atoms with Gasteiger partial charge in [0.05, 0.1) is 32.0 Å². The van der Waals surface area contributed by atoms with E-state index in [1.807, 2.05) is 41.8 Å². The Balaban J connectivity index is 1.53. The number of anilines is 2. The molecule has 0 atom stereocenters. The van der Waals surface area contributed by atoms with Crippen molar-refractivity contribution in [3.05, 3.63) is 65.2 Å². The van der Waals surface area contributed by atoms with E-state index in [0.29, 0.717) is 17.4 Å². The predicted molar refractivity (Wildman–Crippen MR) is 112 cm³/mol. The molecule has 3 aromatic rings. The van der Waals surface area contributed by atoms with Crippen LogP contribution < -0.4 is 20.1 Å². The van der Waals surface area contributed by atoms with Crippen molar-refractivity contribution in [1.29, 1.82) is 0 Å². The molecule has 0 saturated heterocycles. The predicted octanol–water partition coefficient (Wildman–Crippen LogP) is 3.81. The molecule has 0 aliphatic heterocycles. The minimum atomic E-state index is -0.0354. The average Bonchev–Trinajstić information content (AvgIpc) is 3.15. The van der Waals surface area contributed by atoms with E-state index in [4.69, 9.17) is 9.47 Å². The van der Waals surface area contributed by atoms with Crippen LogP contribution in [0, 0.1) is 0 Å². The molecule has 3 rings (SSSR count). The van der Waals surface area contributed by atoms with E-state index in [-0.39, 0.29) is 12.3 Å². The number of carbonyl (C=O) groups is 1. The molecule has 0 spiro atoms. The van der Waals surface area contributed by atoms with Crippen LogP contribution in [0.15, 0.2) is 53.9 Å². The van der Waals surface area contributed by atoms with Gasteiger partial charge in [0, 0.05) is 18.0 Å². The number of nitrogens with one attached hydrogen (secondary N) is 2. The van der Waals surface area contributed by atoms with Gasteiger partial charge in [0.25, 0.3) is 0 Å². The molecule has 0 fully saturated rings. The Hall–Kier alpha value is -3.06. The highest BCUT2D eigenvalue weighted by Crippen LogP contribution is 2.32. The Morgan fingerprint density at radius 1 is 1.11 bits per heavy atom. The highest BCUT2D eigenvalue weighted by Gasteiger charge is 2.10. The standard InChI is InChI=1S/C21H23N3O3S/c1-26-17-8-9-19(27-2)18(13-17)24-21-23-16(14-28-21)12-20(25)22-11-10-15-6-4-3-5-7-15/h3-9,13-14H,10-12H2,1-2H3,(H,22,25)(H,23,24). The van der Waals surface area contributed by atoms with E-state index in [9.17, 15) is 4.79 Å². The first-order chi connectivity index (χ1) is 13.7. The van der Waals surface area contributed by atoms with Gasteiger partial charge in [-0.05, 0) is 24.1 Å². The summed E-state index contributed by atoms with van der Waals surface area (Å²) in [5.74, 6) is 1.38. The molecule has 0 saturated carbocycles. The molecule has 1 amide bonds. The lowest BCUT2D eigenvalue weighted by Gasteiger charge is -2.10. The lowest BCUT2D eigenvalue weighted by Crippen LogP contribution is -2.27. The molecule has 2 N–H and O–H groups in total. The Bertz CT molecular complexity index is 912. The molecule has 0 unspecified atom stereocenters. The molecule has 0 aliphatic carbocycles. The van der Waals surface area contributed by atoms with Crippen LogP contribution in [0.4, 0.5) is 10.8 Å². The van der Waals surface area contributed by atoms with Gasteiger partial charge in [-0.1, -0.05) is 30.3 Å². The maximum absolute atomic E-state index is 12.2. The van der Waals surface area contributed by atoms with Crippen molar-refractivity contribution in [2.75, 3.05) is 26.1 Å². The summed E-state index contributed by atoms with van der Waals surface area (Å²) in [4.78, 5) is 16.6. The first kappa shape index (κ1) is 19.7. The van der Waals surface area contributed by atoms with Gasteiger partial charge >= 0.3 is 0 Å². The van der Waals surface area contributed by atoms with Crippen molar-refractivity contribution in [3.8, 4) is 11.5 Å². The van der Waals surface area contributed by atoms with Gasteiger partial charge in [0.2, 0.25) is 5.91 Å². The minimum Gasteiger partial charge on any atom is -0.497 e. The van der Waals surface area contributed by atoms with Crippen molar-refractivity contribution in [3.63, 3.8) is 0 Å². The number of hydrogen-bond donors (Lipinski definition) is 2. The highest BCUT2D eigenvalue weighted by molar-refractivity contribution is 7.13. The molecule has 1 heterocycles.